The molecule has 0 unspecified atom stereocenters. The number of benzene rings is 2. The van der Waals surface area contributed by atoms with Gasteiger partial charge in [0.1, 0.15) is 11.4 Å². The number of halogens is 3. The van der Waals surface area contributed by atoms with Crippen molar-refractivity contribution in [2.75, 3.05) is 23.3 Å². The minimum Gasteiger partial charge on any atom is -0.420 e. The summed E-state index contributed by atoms with van der Waals surface area (Å²) in [5.41, 5.74) is -3.89. The molecule has 1 aromatic heterocycles. The topological polar surface area (TPSA) is 134 Å². The second-order valence-electron chi connectivity index (χ2n) is 8.67. The van der Waals surface area contributed by atoms with Crippen LogP contribution in [0.15, 0.2) is 48.7 Å². The van der Waals surface area contributed by atoms with Crippen LogP contribution in [0.2, 0.25) is 0 Å². The summed E-state index contributed by atoms with van der Waals surface area (Å²) in [7, 11) is 0. The summed E-state index contributed by atoms with van der Waals surface area (Å²) >= 11 is 4.75. The maximum Gasteiger partial charge on any atom is 0.487 e. The number of β-amino-alcohol motifs (C(OH)–C–C–N with tert-alkyl or cyclic N) is 1. The molecule has 13 heteroatoms. The number of nitrogens with zero attached hydrogens (tertiary/aromatic N) is 3. The van der Waals surface area contributed by atoms with Crippen molar-refractivity contribution >= 4 is 34.6 Å². The molecule has 1 aliphatic rings. The van der Waals surface area contributed by atoms with Gasteiger partial charge in [0.15, 0.2) is 0 Å². The van der Waals surface area contributed by atoms with Gasteiger partial charge in [-0.3, -0.25) is 20.0 Å². The lowest BCUT2D eigenvalue weighted by Crippen LogP contribution is -2.46. The Morgan fingerprint density at radius 3 is 2.64 bits per heavy atom. The van der Waals surface area contributed by atoms with Crippen molar-refractivity contribution in [2.24, 2.45) is 0 Å². The Morgan fingerprint density at radius 2 is 2.06 bits per heavy atom. The number of amides is 1. The van der Waals surface area contributed by atoms with Gasteiger partial charge >= 0.3 is 5.57 Å². The molecule has 0 spiro atoms. The van der Waals surface area contributed by atoms with Crippen molar-refractivity contribution in [2.45, 2.75) is 30.9 Å². The van der Waals surface area contributed by atoms with E-state index in [1.54, 1.807) is 17.9 Å². The first kappa shape index (κ1) is 25.3. The minimum atomic E-state index is -3.88. The first-order valence-corrected chi connectivity index (χ1v) is 11.3. The summed E-state index contributed by atoms with van der Waals surface area (Å²) in [5, 5.41) is 32.0. The number of carbonyl (C=O) groups is 1. The Kier molecular flexibility index (Phi) is 6.83. The van der Waals surface area contributed by atoms with Crippen LogP contribution < -0.4 is 15.0 Å². The van der Waals surface area contributed by atoms with Crippen LogP contribution in [-0.2, 0) is 0 Å². The summed E-state index contributed by atoms with van der Waals surface area (Å²) < 4.78 is 29.8. The molecule has 0 bridgehead atoms. The van der Waals surface area contributed by atoms with E-state index in [9.17, 15) is 28.8 Å². The van der Waals surface area contributed by atoms with Crippen molar-refractivity contribution < 1.29 is 28.3 Å². The molecule has 3 N–H and O–H groups in total. The number of rotatable bonds is 7. The molecule has 0 saturated carbocycles. The molecular formula is C23H22ClF2N5O5. The number of aromatic amines is 1. The number of ether oxygens (including phenoxy) is 1. The zero-order valence-electron chi connectivity index (χ0n) is 19.0. The molecule has 36 heavy (non-hydrogen) atoms. The molecule has 1 atom stereocenters. The quantitative estimate of drug-likeness (QED) is 0.232. The van der Waals surface area contributed by atoms with E-state index >= 15 is 0 Å². The lowest BCUT2D eigenvalue weighted by Gasteiger charge is -2.38. The fourth-order valence-corrected chi connectivity index (χ4v) is 4.28. The summed E-state index contributed by atoms with van der Waals surface area (Å²) in [4.78, 5) is 26.3. The number of aliphatic hydroxyl groups is 1. The fraction of sp³-hybridized carbons (Fsp3) is 0.304. The van der Waals surface area contributed by atoms with E-state index in [1.807, 2.05) is 0 Å². The molecule has 4 rings (SSSR count). The van der Waals surface area contributed by atoms with Gasteiger partial charge in [-0.15, -0.1) is 8.78 Å². The van der Waals surface area contributed by atoms with Crippen LogP contribution in [0.25, 0.3) is 11.3 Å². The normalized spacial score (nSPS) is 18.1. The van der Waals surface area contributed by atoms with E-state index in [-0.39, 0.29) is 34.9 Å². The van der Waals surface area contributed by atoms with Crippen molar-refractivity contribution in [1.82, 2.24) is 10.2 Å². The molecule has 2 heterocycles. The van der Waals surface area contributed by atoms with Crippen LogP contribution in [-0.4, -0.2) is 50.4 Å². The minimum absolute atomic E-state index is 0.00793. The molecule has 1 amide bonds. The molecule has 10 nitrogen and oxygen atoms in total. The number of nitrogens with one attached hydrogen (secondary N) is 2. The number of nitro groups is 1. The Balaban J connectivity index is 1.70. The fourth-order valence-electron chi connectivity index (χ4n) is 4.19. The van der Waals surface area contributed by atoms with Gasteiger partial charge in [-0.25, -0.2) is 0 Å². The summed E-state index contributed by atoms with van der Waals surface area (Å²) in [5.74, 6) is -0.876. The summed E-state index contributed by atoms with van der Waals surface area (Å²) in [6.07, 6.45) is 2.67. The number of alkyl halides is 3. The molecule has 1 aliphatic heterocycles. The number of nitro benzene ring substituents is 1. The van der Waals surface area contributed by atoms with E-state index in [2.05, 4.69) is 20.3 Å². The number of hydrogen-bond acceptors (Lipinski definition) is 7. The number of piperidine rings is 1. The van der Waals surface area contributed by atoms with Crippen molar-refractivity contribution in [3.8, 4) is 17.0 Å². The molecule has 1 fully saturated rings. The van der Waals surface area contributed by atoms with Crippen LogP contribution in [0.1, 0.15) is 30.1 Å². The second kappa shape index (κ2) is 9.70. The largest absolute Gasteiger partial charge is 0.487 e. The standard InChI is InChI=1S/C23H22ClF2N5O5/c1-22(33)8-2-10-30(13-22)20-17(18-7-9-27-29-18)11-14(12-19(20)31(34)35)21(32)28-15-3-5-16(6-4-15)36-23(24,25)26/h3-7,9,11-12,33H,2,8,10,13H2,1H3,(H,27,29)(H,28,32)/t22-/m0/s1. The van der Waals surface area contributed by atoms with E-state index in [4.69, 9.17) is 11.6 Å². The lowest BCUT2D eigenvalue weighted by molar-refractivity contribution is -0.384. The Bertz CT molecular complexity index is 1260. The Labute approximate surface area is 209 Å². The monoisotopic (exact) mass is 521 g/mol. The van der Waals surface area contributed by atoms with Crippen LogP contribution in [0.5, 0.6) is 5.75 Å². The zero-order valence-corrected chi connectivity index (χ0v) is 19.8. The molecule has 1 saturated heterocycles. The van der Waals surface area contributed by atoms with Gasteiger partial charge in [0, 0.05) is 53.8 Å². The highest BCUT2D eigenvalue weighted by atomic mass is 35.5. The van der Waals surface area contributed by atoms with E-state index in [1.165, 1.54) is 42.6 Å². The first-order valence-electron chi connectivity index (χ1n) is 10.9. The third kappa shape index (κ3) is 5.89. The van der Waals surface area contributed by atoms with Gasteiger partial charge in [-0.05, 0) is 56.2 Å². The number of hydrogen-bond donors (Lipinski definition) is 3. The number of H-pyrrole nitrogens is 1. The van der Waals surface area contributed by atoms with Crippen molar-refractivity contribution in [3.05, 3.63) is 64.3 Å². The highest BCUT2D eigenvalue weighted by Crippen LogP contribution is 2.41. The first-order chi connectivity index (χ1) is 16.9. The van der Waals surface area contributed by atoms with Gasteiger partial charge in [-0.2, -0.15) is 5.10 Å². The molecule has 2 aromatic carbocycles. The van der Waals surface area contributed by atoms with E-state index < -0.39 is 22.0 Å². The van der Waals surface area contributed by atoms with Gasteiger partial charge in [-0.1, -0.05) is 0 Å². The third-order valence-electron chi connectivity index (χ3n) is 5.68. The Hall–Kier alpha value is -3.77. The molecular weight excluding hydrogens is 500 g/mol. The Morgan fingerprint density at radius 1 is 1.33 bits per heavy atom. The predicted molar refractivity (Wildman–Crippen MR) is 129 cm³/mol. The smallest absolute Gasteiger partial charge is 0.420 e. The van der Waals surface area contributed by atoms with Crippen molar-refractivity contribution in [1.29, 1.82) is 0 Å². The van der Waals surface area contributed by atoms with Crippen LogP contribution in [0, 0.1) is 10.1 Å². The molecule has 0 radical (unpaired) electrons. The van der Waals surface area contributed by atoms with Crippen LogP contribution >= 0.6 is 11.6 Å². The predicted octanol–water partition coefficient (Wildman–Crippen LogP) is 4.76. The van der Waals surface area contributed by atoms with Gasteiger partial charge in [0.25, 0.3) is 11.6 Å². The molecule has 0 aliphatic carbocycles. The maximum absolute atomic E-state index is 13.0. The maximum atomic E-state index is 13.0. The van der Waals surface area contributed by atoms with Gasteiger partial charge in [0.05, 0.1) is 16.2 Å². The summed E-state index contributed by atoms with van der Waals surface area (Å²) in [6.45, 7) is 2.34. The van der Waals surface area contributed by atoms with Crippen molar-refractivity contribution in [3.63, 3.8) is 0 Å². The van der Waals surface area contributed by atoms with Gasteiger partial charge in [0.2, 0.25) is 0 Å². The average Bonchev–Trinajstić information content (AvgIpc) is 3.32. The van der Waals surface area contributed by atoms with Gasteiger partial charge < -0.3 is 20.1 Å². The van der Waals surface area contributed by atoms with Crippen LogP contribution in [0.3, 0.4) is 0 Å². The van der Waals surface area contributed by atoms with Crippen LogP contribution in [0.4, 0.5) is 25.8 Å². The summed E-state index contributed by atoms with van der Waals surface area (Å²) in [6, 6.07) is 9.32. The zero-order chi connectivity index (χ0) is 26.1. The molecule has 3 aromatic rings. The molecule has 190 valence electrons. The highest BCUT2D eigenvalue weighted by Gasteiger charge is 2.34. The van der Waals surface area contributed by atoms with E-state index in [0.717, 1.165) is 0 Å². The SMILES string of the molecule is C[C@]1(O)CCCN(c2c(-c3ccn[nH]3)cc(C(=O)Nc3ccc(OC(F)(F)Cl)cc3)cc2[N+](=O)[O-])C1. The lowest BCUT2D eigenvalue weighted by atomic mass is 9.93. The second-order valence-corrected chi connectivity index (χ2v) is 9.11. The highest BCUT2D eigenvalue weighted by molar-refractivity contribution is 6.20. The average molecular weight is 522 g/mol. The van der Waals surface area contributed by atoms with E-state index in [0.29, 0.717) is 30.6 Å². The number of carbonyl (C=O) groups excluding carboxylic acids is 1. The number of aromatic nitrogens is 2. The number of anilines is 2. The third-order valence-corrected chi connectivity index (χ3v) is 5.75.